The molecule has 0 fully saturated rings. The maximum Gasteiger partial charge on any atom is 0.338 e. The minimum Gasteiger partial charge on any atom is -0.478 e. The van der Waals surface area contributed by atoms with Crippen molar-refractivity contribution in [3.8, 4) is 11.5 Å². The van der Waals surface area contributed by atoms with Gasteiger partial charge in [-0.1, -0.05) is 0 Å². The van der Waals surface area contributed by atoms with Crippen LogP contribution in [0.5, 0.6) is 11.5 Å². The number of hydrogen-bond donors (Lipinski definition) is 1. The predicted octanol–water partition coefficient (Wildman–Crippen LogP) is 2.93. The van der Waals surface area contributed by atoms with Gasteiger partial charge in [0.1, 0.15) is 17.1 Å². The van der Waals surface area contributed by atoms with E-state index in [9.17, 15) is 19.3 Å². The fourth-order valence-electron chi connectivity index (χ4n) is 1.63. The number of carboxylic acid groups (broad SMARTS) is 1. The number of pyridine rings is 1. The molecule has 0 saturated carbocycles. The highest BCUT2D eigenvalue weighted by Gasteiger charge is 2.23. The van der Waals surface area contributed by atoms with Gasteiger partial charge in [0.25, 0.3) is 0 Å². The quantitative estimate of drug-likeness (QED) is 0.686. The smallest absolute Gasteiger partial charge is 0.338 e. The Morgan fingerprint density at radius 1 is 1.43 bits per heavy atom. The molecule has 0 atom stereocenters. The van der Waals surface area contributed by atoms with Crippen LogP contribution in [0.15, 0.2) is 30.5 Å². The number of hydrogen-bond acceptors (Lipinski definition) is 5. The van der Waals surface area contributed by atoms with Gasteiger partial charge in [-0.3, -0.25) is 15.1 Å². The topological polar surface area (TPSA) is 103 Å². The Kier molecular flexibility index (Phi) is 3.79. The zero-order valence-electron chi connectivity index (χ0n) is 10.7. The molecule has 2 aromatic rings. The Morgan fingerprint density at radius 3 is 2.71 bits per heavy atom. The van der Waals surface area contributed by atoms with E-state index in [-0.39, 0.29) is 5.75 Å². The summed E-state index contributed by atoms with van der Waals surface area (Å²) >= 11 is 0. The van der Waals surface area contributed by atoms with Crippen molar-refractivity contribution in [2.45, 2.75) is 6.92 Å². The van der Waals surface area contributed by atoms with Crippen molar-refractivity contribution in [2.75, 3.05) is 0 Å². The fourth-order valence-corrected chi connectivity index (χ4v) is 1.63. The van der Waals surface area contributed by atoms with Crippen molar-refractivity contribution in [1.82, 2.24) is 4.98 Å². The number of halogens is 1. The Labute approximate surface area is 117 Å². The van der Waals surface area contributed by atoms with Gasteiger partial charge in [0, 0.05) is 18.3 Å². The van der Waals surface area contributed by atoms with Crippen LogP contribution in [0.4, 0.5) is 10.1 Å². The minimum absolute atomic E-state index is 0.211. The highest BCUT2D eigenvalue weighted by atomic mass is 19.1. The first-order valence-corrected chi connectivity index (χ1v) is 5.71. The standard InChI is InChI=1S/C13H9FN2O5/c1-7-11(3-2-4-15-7)21-12-6-9(14)8(13(17)18)5-10(12)16(19)20/h2-6H,1H3,(H,17,18). The van der Waals surface area contributed by atoms with Crippen LogP contribution in [0, 0.1) is 22.9 Å². The molecule has 108 valence electrons. The number of aromatic nitrogens is 1. The molecule has 0 amide bonds. The highest BCUT2D eigenvalue weighted by Crippen LogP contribution is 2.34. The van der Waals surface area contributed by atoms with Crippen LogP contribution in [-0.4, -0.2) is 21.0 Å². The van der Waals surface area contributed by atoms with Gasteiger partial charge in [-0.05, 0) is 19.1 Å². The van der Waals surface area contributed by atoms with Crippen LogP contribution in [-0.2, 0) is 0 Å². The van der Waals surface area contributed by atoms with Gasteiger partial charge < -0.3 is 9.84 Å². The third-order valence-corrected chi connectivity index (χ3v) is 2.65. The van der Waals surface area contributed by atoms with Crippen molar-refractivity contribution in [3.05, 3.63) is 57.7 Å². The van der Waals surface area contributed by atoms with Gasteiger partial charge in [0.2, 0.25) is 5.75 Å². The Morgan fingerprint density at radius 2 is 2.14 bits per heavy atom. The van der Waals surface area contributed by atoms with E-state index in [1.54, 1.807) is 13.0 Å². The monoisotopic (exact) mass is 292 g/mol. The number of rotatable bonds is 4. The maximum atomic E-state index is 13.6. The number of carboxylic acids is 1. The molecule has 0 aliphatic heterocycles. The van der Waals surface area contributed by atoms with Gasteiger partial charge >= 0.3 is 11.7 Å². The average molecular weight is 292 g/mol. The molecule has 1 aromatic carbocycles. The van der Waals surface area contributed by atoms with Crippen LogP contribution in [0.1, 0.15) is 16.1 Å². The SMILES string of the molecule is Cc1ncccc1Oc1cc(F)c(C(=O)O)cc1[N+](=O)[O-]. The largest absolute Gasteiger partial charge is 0.478 e. The van der Waals surface area contributed by atoms with E-state index in [1.165, 1.54) is 12.3 Å². The molecule has 0 saturated heterocycles. The van der Waals surface area contributed by atoms with Gasteiger partial charge in [-0.2, -0.15) is 0 Å². The molecule has 0 unspecified atom stereocenters. The van der Waals surface area contributed by atoms with Crippen molar-refractivity contribution < 1.29 is 24.0 Å². The van der Waals surface area contributed by atoms with E-state index in [2.05, 4.69) is 4.98 Å². The highest BCUT2D eigenvalue weighted by molar-refractivity contribution is 5.89. The lowest BCUT2D eigenvalue weighted by atomic mass is 10.1. The molecule has 21 heavy (non-hydrogen) atoms. The number of nitrogens with zero attached hydrogens (tertiary/aromatic N) is 2. The molecule has 1 N–H and O–H groups in total. The Hall–Kier alpha value is -3.03. The van der Waals surface area contributed by atoms with E-state index < -0.39 is 33.7 Å². The zero-order chi connectivity index (χ0) is 15.6. The summed E-state index contributed by atoms with van der Waals surface area (Å²) in [5, 5.41) is 19.8. The summed E-state index contributed by atoms with van der Waals surface area (Å²) in [4.78, 5) is 24.9. The molecule has 7 nitrogen and oxygen atoms in total. The third kappa shape index (κ3) is 2.94. The van der Waals surface area contributed by atoms with E-state index in [0.29, 0.717) is 17.8 Å². The predicted molar refractivity (Wildman–Crippen MR) is 69.1 cm³/mol. The number of nitro groups is 1. The first-order chi connectivity index (χ1) is 9.90. The van der Waals surface area contributed by atoms with Crippen molar-refractivity contribution >= 4 is 11.7 Å². The lowest BCUT2D eigenvalue weighted by Gasteiger charge is -2.09. The van der Waals surface area contributed by atoms with Crippen LogP contribution in [0.25, 0.3) is 0 Å². The molecule has 0 aliphatic carbocycles. The summed E-state index contributed by atoms with van der Waals surface area (Å²) in [7, 11) is 0. The van der Waals surface area contributed by atoms with Crippen LogP contribution >= 0.6 is 0 Å². The number of carbonyl (C=O) groups is 1. The number of ether oxygens (including phenoxy) is 1. The van der Waals surface area contributed by atoms with Crippen molar-refractivity contribution in [1.29, 1.82) is 0 Å². The van der Waals surface area contributed by atoms with E-state index in [0.717, 1.165) is 0 Å². The molecule has 0 spiro atoms. The molecule has 2 rings (SSSR count). The molecule has 8 heteroatoms. The summed E-state index contributed by atoms with van der Waals surface area (Å²) in [5.74, 6) is -2.90. The summed E-state index contributed by atoms with van der Waals surface area (Å²) in [6.45, 7) is 1.61. The second-order valence-corrected chi connectivity index (χ2v) is 4.05. The summed E-state index contributed by atoms with van der Waals surface area (Å²) in [5.41, 5.74) is -0.983. The molecule has 1 aromatic heterocycles. The first-order valence-electron chi connectivity index (χ1n) is 5.71. The molecular weight excluding hydrogens is 283 g/mol. The van der Waals surface area contributed by atoms with Crippen molar-refractivity contribution in [2.24, 2.45) is 0 Å². The number of nitro benzene ring substituents is 1. The normalized spacial score (nSPS) is 10.2. The number of aromatic carboxylic acids is 1. The lowest BCUT2D eigenvalue weighted by molar-refractivity contribution is -0.385. The maximum absolute atomic E-state index is 13.6. The van der Waals surface area contributed by atoms with Gasteiger partial charge in [0.05, 0.1) is 10.6 Å². The van der Waals surface area contributed by atoms with Crippen LogP contribution in [0.3, 0.4) is 0 Å². The van der Waals surface area contributed by atoms with Gasteiger partial charge in [-0.25, -0.2) is 9.18 Å². The number of aryl methyl sites for hydroxylation is 1. The first kappa shape index (κ1) is 14.4. The second kappa shape index (κ2) is 5.53. The second-order valence-electron chi connectivity index (χ2n) is 4.05. The van der Waals surface area contributed by atoms with Gasteiger partial charge in [-0.15, -0.1) is 0 Å². The van der Waals surface area contributed by atoms with Crippen LogP contribution in [0.2, 0.25) is 0 Å². The third-order valence-electron chi connectivity index (χ3n) is 2.65. The lowest BCUT2D eigenvalue weighted by Crippen LogP contribution is -2.04. The molecule has 0 aliphatic rings. The zero-order valence-corrected chi connectivity index (χ0v) is 10.7. The number of benzene rings is 1. The van der Waals surface area contributed by atoms with E-state index in [1.807, 2.05) is 0 Å². The summed E-state index contributed by atoms with van der Waals surface area (Å²) in [6, 6.07) is 4.36. The van der Waals surface area contributed by atoms with Crippen LogP contribution < -0.4 is 4.74 Å². The Balaban J connectivity index is 2.53. The van der Waals surface area contributed by atoms with E-state index >= 15 is 0 Å². The molecule has 0 radical (unpaired) electrons. The molecule has 1 heterocycles. The fraction of sp³-hybridized carbons (Fsp3) is 0.0769. The average Bonchev–Trinajstić information content (AvgIpc) is 2.40. The summed E-state index contributed by atoms with van der Waals surface area (Å²) in [6.07, 6.45) is 1.50. The minimum atomic E-state index is -1.60. The Bertz CT molecular complexity index is 732. The molecular formula is C13H9FN2O5. The van der Waals surface area contributed by atoms with Crippen molar-refractivity contribution in [3.63, 3.8) is 0 Å². The summed E-state index contributed by atoms with van der Waals surface area (Å²) < 4.78 is 18.9. The van der Waals surface area contributed by atoms with E-state index in [4.69, 9.17) is 9.84 Å². The van der Waals surface area contributed by atoms with Gasteiger partial charge in [0.15, 0.2) is 0 Å². The molecule has 0 bridgehead atoms.